The number of carbonyl (C=O) groups excluding carboxylic acids is 1. The molecule has 0 radical (unpaired) electrons. The molecule has 4 N–H and O–H groups in total. The first-order chi connectivity index (χ1) is 10.1. The van der Waals surface area contributed by atoms with Gasteiger partial charge in [-0.3, -0.25) is 4.79 Å². The van der Waals surface area contributed by atoms with E-state index in [9.17, 15) is 9.90 Å². The SMILES string of the molecule is Cc1ccc(O)c(C(=O)NCc2sccc2C#CCN)c1. The first kappa shape index (κ1) is 15.1. The van der Waals surface area contributed by atoms with Crippen LogP contribution in [-0.2, 0) is 6.54 Å². The van der Waals surface area contributed by atoms with E-state index in [-0.39, 0.29) is 17.2 Å². The summed E-state index contributed by atoms with van der Waals surface area (Å²) in [5, 5.41) is 14.5. The molecule has 0 aliphatic carbocycles. The second-order valence-corrected chi connectivity index (χ2v) is 5.47. The fourth-order valence-corrected chi connectivity index (χ4v) is 2.59. The van der Waals surface area contributed by atoms with Crippen LogP contribution in [0.4, 0.5) is 0 Å². The normalized spacial score (nSPS) is 9.81. The lowest BCUT2D eigenvalue weighted by atomic mass is 10.1. The molecule has 2 rings (SSSR count). The Bertz CT molecular complexity index is 711. The van der Waals surface area contributed by atoms with E-state index in [0.29, 0.717) is 13.1 Å². The molecule has 0 saturated carbocycles. The van der Waals surface area contributed by atoms with Crippen molar-refractivity contribution >= 4 is 17.2 Å². The highest BCUT2D eigenvalue weighted by Gasteiger charge is 2.12. The van der Waals surface area contributed by atoms with Crippen LogP contribution >= 0.6 is 11.3 Å². The molecule has 1 aromatic carbocycles. The molecule has 1 amide bonds. The van der Waals surface area contributed by atoms with Gasteiger partial charge in [0.1, 0.15) is 5.75 Å². The van der Waals surface area contributed by atoms with Crippen LogP contribution in [-0.4, -0.2) is 17.6 Å². The Morgan fingerprint density at radius 1 is 1.43 bits per heavy atom. The summed E-state index contributed by atoms with van der Waals surface area (Å²) in [4.78, 5) is 13.1. The van der Waals surface area contributed by atoms with Gasteiger partial charge in [-0.05, 0) is 30.5 Å². The fraction of sp³-hybridized carbons (Fsp3) is 0.188. The van der Waals surface area contributed by atoms with E-state index >= 15 is 0 Å². The molecule has 0 unspecified atom stereocenters. The molecule has 108 valence electrons. The van der Waals surface area contributed by atoms with E-state index in [1.165, 1.54) is 17.4 Å². The van der Waals surface area contributed by atoms with Gasteiger partial charge in [-0.2, -0.15) is 0 Å². The highest BCUT2D eigenvalue weighted by atomic mass is 32.1. The van der Waals surface area contributed by atoms with Crippen molar-refractivity contribution in [2.45, 2.75) is 13.5 Å². The van der Waals surface area contributed by atoms with Crippen molar-refractivity contribution in [2.75, 3.05) is 6.54 Å². The summed E-state index contributed by atoms with van der Waals surface area (Å²) < 4.78 is 0. The Labute approximate surface area is 127 Å². The van der Waals surface area contributed by atoms with Gasteiger partial charge < -0.3 is 16.2 Å². The molecule has 0 fully saturated rings. The van der Waals surface area contributed by atoms with Crippen LogP contribution in [0.3, 0.4) is 0 Å². The highest BCUT2D eigenvalue weighted by molar-refractivity contribution is 7.10. The second kappa shape index (κ2) is 6.93. The van der Waals surface area contributed by atoms with E-state index in [0.717, 1.165) is 16.0 Å². The minimum atomic E-state index is -0.303. The van der Waals surface area contributed by atoms with Crippen molar-refractivity contribution < 1.29 is 9.90 Å². The molecule has 4 nitrogen and oxygen atoms in total. The van der Waals surface area contributed by atoms with E-state index in [4.69, 9.17) is 5.73 Å². The number of amides is 1. The minimum absolute atomic E-state index is 0.0209. The molecular weight excluding hydrogens is 284 g/mol. The summed E-state index contributed by atoms with van der Waals surface area (Å²) in [5.74, 6) is 5.45. The zero-order valence-corrected chi connectivity index (χ0v) is 12.5. The summed E-state index contributed by atoms with van der Waals surface area (Å²) in [5.41, 5.74) is 7.43. The van der Waals surface area contributed by atoms with Gasteiger partial charge in [-0.25, -0.2) is 0 Å². The summed E-state index contributed by atoms with van der Waals surface area (Å²) in [6.45, 7) is 2.55. The second-order valence-electron chi connectivity index (χ2n) is 4.47. The van der Waals surface area contributed by atoms with Crippen molar-refractivity contribution in [1.82, 2.24) is 5.32 Å². The lowest BCUT2D eigenvalue weighted by Crippen LogP contribution is -2.22. The van der Waals surface area contributed by atoms with Crippen LogP contribution in [0, 0.1) is 18.8 Å². The van der Waals surface area contributed by atoms with Crippen LogP contribution in [0.2, 0.25) is 0 Å². The predicted molar refractivity (Wildman–Crippen MR) is 84.3 cm³/mol. The number of rotatable bonds is 3. The van der Waals surface area contributed by atoms with Crippen molar-refractivity contribution in [3.05, 3.63) is 51.2 Å². The number of carbonyl (C=O) groups is 1. The number of aromatic hydroxyl groups is 1. The molecule has 1 heterocycles. The highest BCUT2D eigenvalue weighted by Crippen LogP contribution is 2.19. The summed E-state index contributed by atoms with van der Waals surface area (Å²) in [6.07, 6.45) is 0. The number of thiophene rings is 1. The molecule has 0 bridgehead atoms. The average Bonchev–Trinajstić information content (AvgIpc) is 2.92. The number of phenols is 1. The monoisotopic (exact) mass is 300 g/mol. The van der Waals surface area contributed by atoms with Gasteiger partial charge in [0.25, 0.3) is 5.91 Å². The van der Waals surface area contributed by atoms with Gasteiger partial charge >= 0.3 is 0 Å². The van der Waals surface area contributed by atoms with Gasteiger partial charge in [0, 0.05) is 10.4 Å². The van der Waals surface area contributed by atoms with Crippen LogP contribution < -0.4 is 11.1 Å². The first-order valence-corrected chi connectivity index (χ1v) is 7.33. The maximum atomic E-state index is 12.1. The number of phenolic OH excluding ortho intramolecular Hbond substituents is 1. The summed E-state index contributed by atoms with van der Waals surface area (Å²) in [6, 6.07) is 6.84. The number of nitrogens with one attached hydrogen (secondary N) is 1. The summed E-state index contributed by atoms with van der Waals surface area (Å²) in [7, 11) is 0. The van der Waals surface area contributed by atoms with Gasteiger partial charge in [0.2, 0.25) is 0 Å². The van der Waals surface area contributed by atoms with Crippen LogP contribution in [0.15, 0.2) is 29.6 Å². The Morgan fingerprint density at radius 3 is 3.00 bits per heavy atom. The molecule has 0 aliphatic heterocycles. The molecule has 0 atom stereocenters. The molecule has 2 aromatic rings. The first-order valence-electron chi connectivity index (χ1n) is 6.45. The number of hydrogen-bond acceptors (Lipinski definition) is 4. The molecule has 21 heavy (non-hydrogen) atoms. The van der Waals surface area contributed by atoms with Crippen LogP contribution in [0.1, 0.15) is 26.4 Å². The largest absolute Gasteiger partial charge is 0.507 e. The van der Waals surface area contributed by atoms with E-state index in [1.807, 2.05) is 18.4 Å². The minimum Gasteiger partial charge on any atom is -0.507 e. The van der Waals surface area contributed by atoms with Crippen molar-refractivity contribution in [3.63, 3.8) is 0 Å². The molecule has 0 spiro atoms. The fourth-order valence-electron chi connectivity index (χ4n) is 1.82. The van der Waals surface area contributed by atoms with Crippen LogP contribution in [0.25, 0.3) is 0 Å². The topological polar surface area (TPSA) is 75.3 Å². The Morgan fingerprint density at radius 2 is 2.24 bits per heavy atom. The van der Waals surface area contributed by atoms with E-state index in [2.05, 4.69) is 17.2 Å². The molecule has 0 aliphatic rings. The lowest BCUT2D eigenvalue weighted by molar-refractivity contribution is 0.0948. The third kappa shape index (κ3) is 3.85. The van der Waals surface area contributed by atoms with Crippen molar-refractivity contribution in [2.24, 2.45) is 5.73 Å². The van der Waals surface area contributed by atoms with Gasteiger partial charge in [-0.1, -0.05) is 23.5 Å². The Kier molecular flexibility index (Phi) is 4.99. The average molecular weight is 300 g/mol. The third-order valence-corrected chi connectivity index (χ3v) is 3.80. The standard InChI is InChI=1S/C16H16N2O2S/c1-11-4-5-14(19)13(9-11)16(20)18-10-15-12(3-2-7-17)6-8-21-15/h4-6,8-9,19H,7,10,17H2,1H3,(H,18,20). The zero-order chi connectivity index (χ0) is 15.2. The smallest absolute Gasteiger partial charge is 0.255 e. The Balaban J connectivity index is 2.08. The molecular formula is C16H16N2O2S. The van der Waals surface area contributed by atoms with Gasteiger partial charge in [0.15, 0.2) is 0 Å². The number of hydrogen-bond donors (Lipinski definition) is 3. The number of nitrogens with two attached hydrogens (primary N) is 1. The van der Waals surface area contributed by atoms with E-state index < -0.39 is 0 Å². The third-order valence-electron chi connectivity index (χ3n) is 2.88. The predicted octanol–water partition coefficient (Wildman–Crippen LogP) is 2.00. The molecule has 5 heteroatoms. The van der Waals surface area contributed by atoms with Gasteiger partial charge in [0.05, 0.1) is 18.7 Å². The maximum Gasteiger partial charge on any atom is 0.255 e. The number of benzene rings is 1. The van der Waals surface area contributed by atoms with E-state index in [1.54, 1.807) is 12.1 Å². The van der Waals surface area contributed by atoms with Gasteiger partial charge in [-0.15, -0.1) is 11.3 Å². The van der Waals surface area contributed by atoms with Crippen molar-refractivity contribution in [1.29, 1.82) is 0 Å². The van der Waals surface area contributed by atoms with Crippen molar-refractivity contribution in [3.8, 4) is 17.6 Å². The Hall–Kier alpha value is -2.29. The molecule has 1 aromatic heterocycles. The zero-order valence-electron chi connectivity index (χ0n) is 11.6. The van der Waals surface area contributed by atoms with Crippen LogP contribution in [0.5, 0.6) is 5.75 Å². The maximum absolute atomic E-state index is 12.1. The summed E-state index contributed by atoms with van der Waals surface area (Å²) >= 11 is 1.52. The number of aryl methyl sites for hydroxylation is 1. The quantitative estimate of drug-likeness (QED) is 0.759. The molecule has 0 saturated heterocycles. The lowest BCUT2D eigenvalue weighted by Gasteiger charge is -2.07.